The molecular formula is C13H17N5O2S. The van der Waals surface area contributed by atoms with Crippen molar-refractivity contribution in [3.05, 3.63) is 22.7 Å². The van der Waals surface area contributed by atoms with E-state index < -0.39 is 0 Å². The first-order chi connectivity index (χ1) is 10.2. The van der Waals surface area contributed by atoms with Gasteiger partial charge in [0, 0.05) is 12.0 Å². The average Bonchev–Trinajstić information content (AvgIpc) is 3.24. The second kappa shape index (κ2) is 5.90. The molecule has 2 aromatic rings. The van der Waals surface area contributed by atoms with E-state index in [0.29, 0.717) is 17.1 Å². The minimum atomic E-state index is -0.151. The van der Waals surface area contributed by atoms with E-state index in [0.717, 1.165) is 25.7 Å². The highest BCUT2D eigenvalue weighted by molar-refractivity contribution is 7.12. The summed E-state index contributed by atoms with van der Waals surface area (Å²) in [6.07, 6.45) is 5.63. The van der Waals surface area contributed by atoms with Crippen molar-refractivity contribution in [2.45, 2.75) is 25.7 Å². The number of carbonyl (C=O) groups is 1. The molecule has 0 saturated heterocycles. The van der Waals surface area contributed by atoms with E-state index in [1.165, 1.54) is 22.3 Å². The average molecular weight is 307 g/mol. The van der Waals surface area contributed by atoms with Crippen molar-refractivity contribution in [3.63, 3.8) is 0 Å². The summed E-state index contributed by atoms with van der Waals surface area (Å²) in [5.41, 5.74) is 0.522. The van der Waals surface area contributed by atoms with Crippen LogP contribution >= 0.6 is 11.3 Å². The van der Waals surface area contributed by atoms with Gasteiger partial charge in [-0.25, -0.2) is 0 Å². The molecule has 112 valence electrons. The first-order valence-corrected chi connectivity index (χ1v) is 7.82. The van der Waals surface area contributed by atoms with E-state index in [2.05, 4.69) is 20.8 Å². The van der Waals surface area contributed by atoms with Gasteiger partial charge in [0.15, 0.2) is 0 Å². The van der Waals surface area contributed by atoms with Crippen LogP contribution in [0.4, 0.5) is 0 Å². The van der Waals surface area contributed by atoms with Crippen LogP contribution < -0.4 is 5.32 Å². The summed E-state index contributed by atoms with van der Waals surface area (Å²) in [4.78, 5) is 12.9. The number of carbonyl (C=O) groups excluding carboxylic acids is 1. The van der Waals surface area contributed by atoms with Gasteiger partial charge in [-0.2, -0.15) is 4.68 Å². The maximum absolute atomic E-state index is 12.4. The molecule has 21 heavy (non-hydrogen) atoms. The van der Waals surface area contributed by atoms with Gasteiger partial charge in [-0.3, -0.25) is 4.79 Å². The summed E-state index contributed by atoms with van der Waals surface area (Å²) < 4.78 is 1.47. The van der Waals surface area contributed by atoms with E-state index in [1.54, 1.807) is 0 Å². The summed E-state index contributed by atoms with van der Waals surface area (Å²) in [6.45, 7) is 0.632. The number of hydrogen-bond acceptors (Lipinski definition) is 6. The molecule has 0 aliphatic heterocycles. The predicted molar refractivity (Wildman–Crippen MR) is 77.4 cm³/mol. The van der Waals surface area contributed by atoms with E-state index in [9.17, 15) is 9.90 Å². The Bertz CT molecular complexity index is 604. The second-order valence-electron chi connectivity index (χ2n) is 5.44. The van der Waals surface area contributed by atoms with E-state index >= 15 is 0 Å². The van der Waals surface area contributed by atoms with Crippen LogP contribution in [0.25, 0.3) is 5.69 Å². The Morgan fingerprint density at radius 3 is 2.95 bits per heavy atom. The fraction of sp³-hybridized carbons (Fsp3) is 0.538. The summed E-state index contributed by atoms with van der Waals surface area (Å²) in [6, 6.07) is 1.81. The maximum atomic E-state index is 12.4. The Morgan fingerprint density at radius 1 is 1.48 bits per heavy atom. The maximum Gasteiger partial charge on any atom is 0.263 e. The molecule has 3 rings (SSSR count). The Morgan fingerprint density at radius 2 is 2.29 bits per heavy atom. The number of rotatable bonds is 5. The van der Waals surface area contributed by atoms with Crippen molar-refractivity contribution in [2.24, 2.45) is 5.41 Å². The largest absolute Gasteiger partial charge is 0.396 e. The molecule has 7 nitrogen and oxygen atoms in total. The molecule has 8 heteroatoms. The zero-order valence-electron chi connectivity index (χ0n) is 11.5. The highest BCUT2D eigenvalue weighted by Crippen LogP contribution is 2.37. The van der Waals surface area contributed by atoms with Crippen molar-refractivity contribution < 1.29 is 9.90 Å². The number of tetrazole rings is 1. The number of thiophene rings is 1. The normalized spacial score (nSPS) is 17.0. The number of amides is 1. The van der Waals surface area contributed by atoms with Crippen molar-refractivity contribution in [1.29, 1.82) is 0 Å². The number of aromatic nitrogens is 4. The summed E-state index contributed by atoms with van der Waals surface area (Å²) >= 11 is 1.35. The molecule has 1 fully saturated rings. The van der Waals surface area contributed by atoms with Gasteiger partial charge in [0.2, 0.25) is 0 Å². The lowest BCUT2D eigenvalue weighted by Crippen LogP contribution is -2.38. The SMILES string of the molecule is O=C(NCC1(CO)CCCC1)c1sccc1-n1cnnn1. The van der Waals surface area contributed by atoms with Gasteiger partial charge in [-0.15, -0.1) is 16.4 Å². The van der Waals surface area contributed by atoms with Crippen LogP contribution in [0.2, 0.25) is 0 Å². The van der Waals surface area contributed by atoms with Crippen molar-refractivity contribution in [2.75, 3.05) is 13.2 Å². The van der Waals surface area contributed by atoms with Gasteiger partial charge in [0.05, 0.1) is 12.3 Å². The van der Waals surface area contributed by atoms with Gasteiger partial charge in [-0.1, -0.05) is 12.8 Å². The van der Waals surface area contributed by atoms with Gasteiger partial charge in [-0.05, 0) is 34.7 Å². The molecule has 0 radical (unpaired) electrons. The van der Waals surface area contributed by atoms with Crippen LogP contribution in [-0.4, -0.2) is 44.4 Å². The van der Waals surface area contributed by atoms with Crippen LogP contribution in [0.5, 0.6) is 0 Å². The Hall–Kier alpha value is -1.80. The molecular weight excluding hydrogens is 290 g/mol. The minimum absolute atomic E-state index is 0.123. The number of aliphatic hydroxyl groups excluding tert-OH is 1. The molecule has 0 spiro atoms. The number of nitrogens with zero attached hydrogens (tertiary/aromatic N) is 4. The van der Waals surface area contributed by atoms with Gasteiger partial charge in [0.25, 0.3) is 5.91 Å². The number of aliphatic hydroxyl groups is 1. The van der Waals surface area contributed by atoms with Crippen LogP contribution in [0.3, 0.4) is 0 Å². The minimum Gasteiger partial charge on any atom is -0.396 e. The molecule has 0 aromatic carbocycles. The molecule has 2 heterocycles. The third-order valence-corrected chi connectivity index (χ3v) is 4.97. The molecule has 1 amide bonds. The number of hydrogen-bond donors (Lipinski definition) is 2. The van der Waals surface area contributed by atoms with Gasteiger partial charge < -0.3 is 10.4 Å². The Balaban J connectivity index is 1.70. The molecule has 2 N–H and O–H groups in total. The number of nitrogens with one attached hydrogen (secondary N) is 1. The standard InChI is InChI=1S/C13H17N5O2S/c19-8-13(4-1-2-5-13)7-14-12(20)11-10(3-6-21-11)18-9-15-16-17-18/h3,6,9,19H,1-2,4-5,7-8H2,(H,14,20). The van der Waals surface area contributed by atoms with Crippen LogP contribution in [0, 0.1) is 5.41 Å². The first-order valence-electron chi connectivity index (χ1n) is 6.94. The van der Waals surface area contributed by atoms with E-state index in [-0.39, 0.29) is 17.9 Å². The zero-order valence-corrected chi connectivity index (χ0v) is 12.3. The molecule has 0 bridgehead atoms. The van der Waals surface area contributed by atoms with Crippen LogP contribution in [0.15, 0.2) is 17.8 Å². The van der Waals surface area contributed by atoms with Crippen LogP contribution in [-0.2, 0) is 0 Å². The Labute approximate surface area is 126 Å². The first kappa shape index (κ1) is 14.2. The molecule has 0 atom stereocenters. The molecule has 1 aliphatic carbocycles. The monoisotopic (exact) mass is 307 g/mol. The smallest absolute Gasteiger partial charge is 0.263 e. The zero-order chi connectivity index (χ0) is 14.7. The summed E-state index contributed by atoms with van der Waals surface area (Å²) in [7, 11) is 0. The molecule has 2 aromatic heterocycles. The highest BCUT2D eigenvalue weighted by atomic mass is 32.1. The lowest BCUT2D eigenvalue weighted by atomic mass is 9.87. The third-order valence-electron chi connectivity index (χ3n) is 4.07. The summed E-state index contributed by atoms with van der Waals surface area (Å²) in [5.74, 6) is -0.143. The van der Waals surface area contributed by atoms with Gasteiger partial charge >= 0.3 is 0 Å². The van der Waals surface area contributed by atoms with Crippen LogP contribution in [0.1, 0.15) is 35.4 Å². The lowest BCUT2D eigenvalue weighted by molar-refractivity contribution is 0.0884. The van der Waals surface area contributed by atoms with E-state index in [4.69, 9.17) is 0 Å². The summed E-state index contributed by atoms with van der Waals surface area (Å²) in [5, 5.41) is 25.4. The molecule has 1 aliphatic rings. The highest BCUT2D eigenvalue weighted by Gasteiger charge is 2.33. The van der Waals surface area contributed by atoms with Crippen molar-refractivity contribution >= 4 is 17.2 Å². The quantitative estimate of drug-likeness (QED) is 0.860. The van der Waals surface area contributed by atoms with E-state index in [1.807, 2.05) is 11.4 Å². The third kappa shape index (κ3) is 2.81. The molecule has 1 saturated carbocycles. The fourth-order valence-electron chi connectivity index (χ4n) is 2.79. The topological polar surface area (TPSA) is 92.9 Å². The van der Waals surface area contributed by atoms with Crippen molar-refractivity contribution in [1.82, 2.24) is 25.5 Å². The second-order valence-corrected chi connectivity index (χ2v) is 6.35. The lowest BCUT2D eigenvalue weighted by Gasteiger charge is -2.26. The fourth-order valence-corrected chi connectivity index (χ4v) is 3.58. The van der Waals surface area contributed by atoms with Crippen molar-refractivity contribution in [3.8, 4) is 5.69 Å². The Kier molecular flexibility index (Phi) is 3.98. The van der Waals surface area contributed by atoms with Gasteiger partial charge in [0.1, 0.15) is 11.2 Å². The predicted octanol–water partition coefficient (Wildman–Crippen LogP) is 1.01. The molecule has 0 unspecified atom stereocenters.